The van der Waals surface area contributed by atoms with E-state index >= 15 is 0 Å². The fraction of sp³-hybridized carbons (Fsp3) is 0.750. The van der Waals surface area contributed by atoms with Crippen molar-refractivity contribution in [2.75, 3.05) is 59.9 Å². The molecular weight excluding hydrogens is 280 g/mol. The van der Waals surface area contributed by atoms with Gasteiger partial charge in [-0.1, -0.05) is 6.92 Å². The lowest BCUT2D eigenvalue weighted by Crippen LogP contribution is -2.50. The monoisotopic (exact) mass is 310 g/mol. The first-order chi connectivity index (χ1) is 10.1. The van der Waals surface area contributed by atoms with E-state index in [-0.39, 0.29) is 0 Å². The molecule has 1 aromatic heterocycles. The van der Waals surface area contributed by atoms with Crippen LogP contribution in [0.15, 0.2) is 12.1 Å². The van der Waals surface area contributed by atoms with Crippen LogP contribution in [-0.4, -0.2) is 74.6 Å². The molecule has 0 aromatic carbocycles. The van der Waals surface area contributed by atoms with E-state index in [4.69, 9.17) is 5.73 Å². The van der Waals surface area contributed by atoms with Gasteiger partial charge < -0.3 is 10.6 Å². The first-order valence-corrected chi connectivity index (χ1v) is 8.85. The van der Waals surface area contributed by atoms with Crippen LogP contribution >= 0.6 is 11.3 Å². The number of piperazine rings is 1. The number of nitrogens with two attached hydrogens (primary N) is 1. The smallest absolute Gasteiger partial charge is 0.0565 e. The lowest BCUT2D eigenvalue weighted by atomic mass is 10.1. The van der Waals surface area contributed by atoms with E-state index in [1.54, 1.807) is 0 Å². The van der Waals surface area contributed by atoms with Crippen LogP contribution in [0.1, 0.15) is 22.7 Å². The average Bonchev–Trinajstić information content (AvgIpc) is 2.96. The Morgan fingerprint density at radius 1 is 1.24 bits per heavy atom. The van der Waals surface area contributed by atoms with Crippen molar-refractivity contribution in [1.29, 1.82) is 0 Å². The Morgan fingerprint density at radius 3 is 2.48 bits per heavy atom. The predicted molar refractivity (Wildman–Crippen MR) is 92.1 cm³/mol. The van der Waals surface area contributed by atoms with E-state index in [0.717, 1.165) is 45.7 Å². The minimum atomic E-state index is 0.409. The maximum absolute atomic E-state index is 6.06. The lowest BCUT2D eigenvalue weighted by Gasteiger charge is -2.39. The number of likely N-dealkylation sites (N-methyl/N-ethyl adjacent to an activating group) is 1. The molecule has 21 heavy (non-hydrogen) atoms. The fourth-order valence-electron chi connectivity index (χ4n) is 2.85. The van der Waals surface area contributed by atoms with Gasteiger partial charge in [-0.25, -0.2) is 0 Å². The summed E-state index contributed by atoms with van der Waals surface area (Å²) in [7, 11) is 4.28. The van der Waals surface area contributed by atoms with Crippen LogP contribution in [0.25, 0.3) is 0 Å². The van der Waals surface area contributed by atoms with Gasteiger partial charge in [0.05, 0.1) is 6.04 Å². The second kappa shape index (κ2) is 8.25. The molecule has 0 aliphatic carbocycles. The third kappa shape index (κ3) is 4.76. The molecule has 0 saturated carbocycles. The van der Waals surface area contributed by atoms with Gasteiger partial charge in [-0.3, -0.25) is 9.80 Å². The highest BCUT2D eigenvalue weighted by atomic mass is 32.1. The molecule has 2 rings (SSSR count). The Kier molecular flexibility index (Phi) is 6.64. The molecule has 1 aliphatic heterocycles. The van der Waals surface area contributed by atoms with Crippen molar-refractivity contribution in [3.8, 4) is 0 Å². The molecule has 4 nitrogen and oxygen atoms in total. The quantitative estimate of drug-likeness (QED) is 0.828. The molecule has 1 atom stereocenters. The normalized spacial score (nSPS) is 19.3. The Hall–Kier alpha value is -0.460. The second-order valence-electron chi connectivity index (χ2n) is 6.09. The van der Waals surface area contributed by atoms with E-state index in [1.165, 1.54) is 16.3 Å². The minimum absolute atomic E-state index is 0.409. The van der Waals surface area contributed by atoms with Crippen molar-refractivity contribution < 1.29 is 0 Å². The summed E-state index contributed by atoms with van der Waals surface area (Å²) >= 11 is 1.93. The van der Waals surface area contributed by atoms with Crippen molar-refractivity contribution in [2.45, 2.75) is 19.4 Å². The highest BCUT2D eigenvalue weighted by molar-refractivity contribution is 7.12. The Labute approximate surface area is 133 Å². The van der Waals surface area contributed by atoms with Crippen molar-refractivity contribution in [1.82, 2.24) is 14.7 Å². The van der Waals surface area contributed by atoms with Crippen LogP contribution in [-0.2, 0) is 6.42 Å². The van der Waals surface area contributed by atoms with Crippen LogP contribution in [0.4, 0.5) is 0 Å². The fourth-order valence-corrected chi connectivity index (χ4v) is 3.95. The van der Waals surface area contributed by atoms with Crippen LogP contribution < -0.4 is 5.73 Å². The summed E-state index contributed by atoms with van der Waals surface area (Å²) < 4.78 is 0. The summed E-state index contributed by atoms with van der Waals surface area (Å²) in [6.45, 7) is 9.85. The van der Waals surface area contributed by atoms with Crippen molar-refractivity contribution >= 4 is 11.3 Å². The van der Waals surface area contributed by atoms with Gasteiger partial charge in [-0.15, -0.1) is 11.3 Å². The van der Waals surface area contributed by atoms with Gasteiger partial charge in [-0.05, 0) is 32.6 Å². The van der Waals surface area contributed by atoms with E-state index in [1.807, 2.05) is 11.3 Å². The Balaban J connectivity index is 1.87. The van der Waals surface area contributed by atoms with Crippen LogP contribution in [0.5, 0.6) is 0 Å². The van der Waals surface area contributed by atoms with Gasteiger partial charge in [0.1, 0.15) is 0 Å². The summed E-state index contributed by atoms with van der Waals surface area (Å²) in [4.78, 5) is 10.3. The minimum Gasteiger partial charge on any atom is -0.329 e. The largest absolute Gasteiger partial charge is 0.329 e. The second-order valence-corrected chi connectivity index (χ2v) is 7.29. The molecule has 1 fully saturated rings. The highest BCUT2D eigenvalue weighted by Crippen LogP contribution is 2.28. The van der Waals surface area contributed by atoms with Gasteiger partial charge in [0.2, 0.25) is 0 Å². The highest BCUT2D eigenvalue weighted by Gasteiger charge is 2.24. The van der Waals surface area contributed by atoms with E-state index in [9.17, 15) is 0 Å². The molecule has 2 N–H and O–H groups in total. The topological polar surface area (TPSA) is 35.7 Å². The number of hydrogen-bond donors (Lipinski definition) is 1. The summed E-state index contributed by atoms with van der Waals surface area (Å²) in [5, 5.41) is 0. The average molecular weight is 311 g/mol. The summed E-state index contributed by atoms with van der Waals surface area (Å²) in [5.74, 6) is 0. The molecule has 0 bridgehead atoms. The molecule has 0 amide bonds. The van der Waals surface area contributed by atoms with Crippen LogP contribution in [0.3, 0.4) is 0 Å². The number of aryl methyl sites for hydroxylation is 1. The Bertz CT molecular complexity index is 410. The van der Waals surface area contributed by atoms with E-state index in [0.29, 0.717) is 6.04 Å². The molecular formula is C16H30N4S. The molecule has 1 unspecified atom stereocenters. The summed E-state index contributed by atoms with van der Waals surface area (Å²) in [5.41, 5.74) is 6.06. The molecule has 0 spiro atoms. The van der Waals surface area contributed by atoms with E-state index in [2.05, 4.69) is 47.9 Å². The van der Waals surface area contributed by atoms with Gasteiger partial charge in [0, 0.05) is 55.6 Å². The maximum Gasteiger partial charge on any atom is 0.0565 e. The molecule has 1 saturated heterocycles. The van der Waals surface area contributed by atoms with Crippen molar-refractivity contribution in [2.24, 2.45) is 5.73 Å². The summed E-state index contributed by atoms with van der Waals surface area (Å²) in [6, 6.07) is 4.95. The first-order valence-electron chi connectivity index (χ1n) is 8.03. The van der Waals surface area contributed by atoms with Crippen LogP contribution in [0.2, 0.25) is 0 Å². The molecule has 1 aromatic rings. The number of thiophene rings is 1. The van der Waals surface area contributed by atoms with Gasteiger partial charge in [0.25, 0.3) is 0 Å². The van der Waals surface area contributed by atoms with Gasteiger partial charge in [0.15, 0.2) is 0 Å². The lowest BCUT2D eigenvalue weighted by molar-refractivity contribution is 0.0952. The SMILES string of the molecule is CCc1ccc(C(CN)N2CCN(CCN(C)C)CC2)s1. The van der Waals surface area contributed by atoms with E-state index < -0.39 is 0 Å². The standard InChI is InChI=1S/C16H30N4S/c1-4-14-5-6-16(21-14)15(13-17)20-11-9-19(10-12-20)8-7-18(2)3/h5-6,15H,4,7-13,17H2,1-3H3. The third-order valence-electron chi connectivity index (χ3n) is 4.29. The van der Waals surface area contributed by atoms with Crippen LogP contribution in [0, 0.1) is 0 Å². The molecule has 2 heterocycles. The van der Waals surface area contributed by atoms with Crippen molar-refractivity contribution in [3.05, 3.63) is 21.9 Å². The summed E-state index contributed by atoms with van der Waals surface area (Å²) in [6.07, 6.45) is 1.13. The number of rotatable bonds is 7. The zero-order valence-electron chi connectivity index (χ0n) is 13.7. The molecule has 5 heteroatoms. The molecule has 0 radical (unpaired) electrons. The molecule has 1 aliphatic rings. The number of nitrogens with zero attached hydrogens (tertiary/aromatic N) is 3. The predicted octanol–water partition coefficient (Wildman–Crippen LogP) is 1.49. The van der Waals surface area contributed by atoms with Gasteiger partial charge >= 0.3 is 0 Å². The molecule has 120 valence electrons. The van der Waals surface area contributed by atoms with Crippen molar-refractivity contribution in [3.63, 3.8) is 0 Å². The first kappa shape index (κ1) is 16.9. The maximum atomic E-state index is 6.06. The zero-order chi connectivity index (χ0) is 15.2. The third-order valence-corrected chi connectivity index (χ3v) is 5.62. The zero-order valence-corrected chi connectivity index (χ0v) is 14.5. The number of hydrogen-bond acceptors (Lipinski definition) is 5. The Morgan fingerprint density at radius 2 is 1.95 bits per heavy atom. The van der Waals surface area contributed by atoms with Gasteiger partial charge in [-0.2, -0.15) is 0 Å².